The Morgan fingerprint density at radius 2 is 1.76 bits per heavy atom. The summed E-state index contributed by atoms with van der Waals surface area (Å²) < 4.78 is 10.0. The molecule has 0 atom stereocenters. The van der Waals surface area contributed by atoms with Gasteiger partial charge < -0.3 is 25.8 Å². The first kappa shape index (κ1) is 32.9. The van der Waals surface area contributed by atoms with Crippen LogP contribution in [0.15, 0.2) is 75.7 Å². The average molecular weight is 581 g/mol. The minimum atomic E-state index is -0.498. The summed E-state index contributed by atoms with van der Waals surface area (Å²) in [5.41, 5.74) is 8.26. The van der Waals surface area contributed by atoms with Gasteiger partial charge >= 0.3 is 5.97 Å². The fourth-order valence-electron chi connectivity index (χ4n) is 3.48. The molecular weight excluding hydrogens is 544 g/mol. The molecule has 1 aliphatic rings. The number of rotatable bonds is 10. The Hall–Kier alpha value is -4.35. The molecule has 1 heterocycles. The van der Waals surface area contributed by atoms with Crippen LogP contribution in [-0.2, 0) is 20.8 Å². The molecule has 10 nitrogen and oxygen atoms in total. The molecular formula is C30H36N4O6S. The number of Topliss-reactive ketones (excluding diaryl/α,β-unsaturated/α-hetero) is 1. The number of hydrogen-bond acceptors (Lipinski definition) is 9. The Labute approximate surface area is 244 Å². The Balaban J connectivity index is 0.000000446. The predicted octanol–water partition coefficient (Wildman–Crippen LogP) is 3.95. The molecule has 1 aromatic carbocycles. The lowest BCUT2D eigenvalue weighted by molar-refractivity contribution is -0.115. The number of ketones is 1. The van der Waals surface area contributed by atoms with Crippen molar-refractivity contribution in [1.29, 1.82) is 0 Å². The van der Waals surface area contributed by atoms with Gasteiger partial charge in [0.2, 0.25) is 0 Å². The highest BCUT2D eigenvalue weighted by atomic mass is 32.1. The lowest BCUT2D eigenvalue weighted by Gasteiger charge is -2.09. The van der Waals surface area contributed by atoms with Crippen molar-refractivity contribution in [2.75, 3.05) is 27.3 Å². The van der Waals surface area contributed by atoms with E-state index in [0.717, 1.165) is 23.3 Å². The Bertz CT molecular complexity index is 1340. The number of methoxy groups -OCH3 is 1. The van der Waals surface area contributed by atoms with E-state index in [2.05, 4.69) is 21.7 Å². The van der Waals surface area contributed by atoms with Crippen LogP contribution in [0.25, 0.3) is 0 Å². The number of nitrogens with zero attached hydrogens (tertiary/aromatic N) is 1. The van der Waals surface area contributed by atoms with Gasteiger partial charge in [-0.15, -0.1) is 0 Å². The molecule has 2 aromatic rings. The van der Waals surface area contributed by atoms with Crippen LogP contribution in [0.2, 0.25) is 0 Å². The van der Waals surface area contributed by atoms with E-state index in [9.17, 15) is 19.2 Å². The summed E-state index contributed by atoms with van der Waals surface area (Å²) in [4.78, 5) is 51.9. The third-order valence-electron chi connectivity index (χ3n) is 5.60. The number of nitrogens with one attached hydrogen (secondary N) is 2. The zero-order chi connectivity index (χ0) is 30.2. The third-order valence-corrected chi connectivity index (χ3v) is 6.34. The van der Waals surface area contributed by atoms with Crippen LogP contribution < -0.4 is 16.4 Å². The smallest absolute Gasteiger partial charge is 0.338 e. The molecule has 1 aromatic heterocycles. The number of thiophene rings is 1. The minimum Gasteiger partial charge on any atom is -0.497 e. The standard InChI is InChI=1S/C21H23N3O5S.C9H13NO/c1-4-29-21(28)15-7-5-14(6-8-15)10-23-19(26)16-11-30-12-17(16)20(27)24-18(22-3)9-13(2)25;1-11-9-5-3-2-4-8(6-9)7-10/h5-8,11-12H,4,9-10H2,1-3H3,(H,23,26)(H,22,24,27);2,4-6H,3,7,10H2,1H3. The Morgan fingerprint density at radius 3 is 2.34 bits per heavy atom. The SMILES string of the molecule is CCOC(=O)c1ccc(CNC(=O)c2cscc2C(=O)NC(CC(C)=O)=NC)cc1.COC1=CCC=CC(CN)=C1. The molecule has 0 spiro atoms. The average Bonchev–Trinajstić information content (AvgIpc) is 3.35. The van der Waals surface area contributed by atoms with Crippen molar-refractivity contribution in [3.8, 4) is 0 Å². The highest BCUT2D eigenvalue weighted by Crippen LogP contribution is 2.16. The van der Waals surface area contributed by atoms with Gasteiger partial charge in [0, 0.05) is 30.9 Å². The van der Waals surface area contributed by atoms with Gasteiger partial charge in [-0.3, -0.25) is 19.4 Å². The van der Waals surface area contributed by atoms with Gasteiger partial charge in [0.25, 0.3) is 11.8 Å². The van der Waals surface area contributed by atoms with Gasteiger partial charge in [0.1, 0.15) is 17.4 Å². The van der Waals surface area contributed by atoms with Crippen LogP contribution in [0.5, 0.6) is 0 Å². The molecule has 41 heavy (non-hydrogen) atoms. The second-order valence-electron chi connectivity index (χ2n) is 8.67. The van der Waals surface area contributed by atoms with Crippen LogP contribution >= 0.6 is 11.3 Å². The minimum absolute atomic E-state index is 0.00962. The quantitative estimate of drug-likeness (QED) is 0.219. The van der Waals surface area contributed by atoms with Crippen molar-refractivity contribution >= 4 is 40.7 Å². The maximum atomic E-state index is 12.6. The molecule has 0 unspecified atom stereocenters. The second kappa shape index (κ2) is 17.4. The van der Waals surface area contributed by atoms with Crippen molar-refractivity contribution in [3.05, 3.63) is 92.9 Å². The first-order chi connectivity index (χ1) is 19.7. The van der Waals surface area contributed by atoms with Crippen molar-refractivity contribution in [1.82, 2.24) is 10.6 Å². The van der Waals surface area contributed by atoms with E-state index >= 15 is 0 Å². The van der Waals surface area contributed by atoms with Gasteiger partial charge in [-0.25, -0.2) is 4.79 Å². The van der Waals surface area contributed by atoms with Crippen LogP contribution in [0, 0.1) is 0 Å². The zero-order valence-corrected chi connectivity index (χ0v) is 24.5. The fraction of sp³-hybridized carbons (Fsp3) is 0.300. The van der Waals surface area contributed by atoms with Crippen molar-refractivity contribution in [2.45, 2.75) is 33.2 Å². The summed E-state index contributed by atoms with van der Waals surface area (Å²) in [6, 6.07) is 6.70. The van der Waals surface area contributed by atoms with E-state index in [1.54, 1.807) is 49.1 Å². The van der Waals surface area contributed by atoms with E-state index in [0.29, 0.717) is 18.7 Å². The molecule has 2 amide bonds. The van der Waals surface area contributed by atoms with Gasteiger partial charge in [0.15, 0.2) is 0 Å². The molecule has 1 aliphatic carbocycles. The van der Waals surface area contributed by atoms with Crippen LogP contribution in [0.3, 0.4) is 0 Å². The summed E-state index contributed by atoms with van der Waals surface area (Å²) in [7, 11) is 3.15. The van der Waals surface area contributed by atoms with Crippen molar-refractivity contribution in [2.24, 2.45) is 10.7 Å². The molecule has 11 heteroatoms. The maximum absolute atomic E-state index is 12.6. The number of benzene rings is 1. The predicted molar refractivity (Wildman–Crippen MR) is 160 cm³/mol. The number of allylic oxidation sites excluding steroid dienone is 3. The number of nitrogens with two attached hydrogens (primary N) is 1. The van der Waals surface area contributed by atoms with E-state index in [1.165, 1.54) is 25.3 Å². The normalized spacial score (nSPS) is 12.6. The summed E-state index contributed by atoms with van der Waals surface area (Å²) in [6.45, 7) is 4.23. The molecule has 0 bridgehead atoms. The van der Waals surface area contributed by atoms with E-state index in [4.69, 9.17) is 15.2 Å². The van der Waals surface area contributed by atoms with Crippen LogP contribution in [0.1, 0.15) is 63.3 Å². The molecule has 0 aliphatic heterocycles. The van der Waals surface area contributed by atoms with Crippen LogP contribution in [0.4, 0.5) is 0 Å². The topological polar surface area (TPSA) is 149 Å². The number of amidine groups is 1. The largest absolute Gasteiger partial charge is 0.497 e. The third kappa shape index (κ3) is 11.0. The zero-order valence-electron chi connectivity index (χ0n) is 23.7. The van der Waals surface area contributed by atoms with Crippen molar-refractivity contribution < 1.29 is 28.7 Å². The first-order valence-electron chi connectivity index (χ1n) is 12.9. The molecule has 0 saturated heterocycles. The van der Waals surface area contributed by atoms with Gasteiger partial charge in [0.05, 0.1) is 36.8 Å². The molecule has 4 N–H and O–H groups in total. The van der Waals surface area contributed by atoms with Gasteiger partial charge in [-0.05, 0) is 55.7 Å². The first-order valence-corrected chi connectivity index (χ1v) is 13.8. The molecule has 218 valence electrons. The van der Waals surface area contributed by atoms with E-state index in [1.807, 2.05) is 18.2 Å². The summed E-state index contributed by atoms with van der Waals surface area (Å²) in [5, 5.41) is 8.48. The molecule has 0 fully saturated rings. The Kier molecular flexibility index (Phi) is 13.9. The lowest BCUT2D eigenvalue weighted by Crippen LogP contribution is -2.33. The number of ether oxygens (including phenoxy) is 2. The lowest BCUT2D eigenvalue weighted by atomic mass is 10.1. The molecule has 0 saturated carbocycles. The summed E-state index contributed by atoms with van der Waals surface area (Å²) in [6.07, 6.45) is 9.02. The van der Waals surface area contributed by atoms with E-state index < -0.39 is 17.8 Å². The summed E-state index contributed by atoms with van der Waals surface area (Å²) in [5.74, 6) is -0.295. The fourth-order valence-corrected chi connectivity index (χ4v) is 4.28. The number of hydrogen-bond donors (Lipinski definition) is 3. The van der Waals surface area contributed by atoms with Gasteiger partial charge in [-0.2, -0.15) is 11.3 Å². The highest BCUT2D eigenvalue weighted by molar-refractivity contribution is 7.08. The molecule has 3 rings (SSSR count). The van der Waals surface area contributed by atoms with Crippen LogP contribution in [-0.4, -0.2) is 56.7 Å². The monoisotopic (exact) mass is 580 g/mol. The number of carbonyl (C=O) groups is 4. The number of aliphatic imine (C=N–C) groups is 1. The van der Waals surface area contributed by atoms with Gasteiger partial charge in [-0.1, -0.05) is 24.3 Å². The highest BCUT2D eigenvalue weighted by Gasteiger charge is 2.20. The second-order valence-corrected chi connectivity index (χ2v) is 9.42. The van der Waals surface area contributed by atoms with E-state index in [-0.39, 0.29) is 35.7 Å². The Morgan fingerprint density at radius 1 is 1.07 bits per heavy atom. The number of carbonyl (C=O) groups excluding carboxylic acids is 4. The van der Waals surface area contributed by atoms with Crippen molar-refractivity contribution in [3.63, 3.8) is 0 Å². The summed E-state index contributed by atoms with van der Waals surface area (Å²) >= 11 is 1.22. The maximum Gasteiger partial charge on any atom is 0.338 e. The molecule has 0 radical (unpaired) electrons. The number of amides is 2. The number of esters is 1.